The molecule has 0 radical (unpaired) electrons. The molecule has 0 bridgehead atoms. The van der Waals surface area contributed by atoms with Gasteiger partial charge in [-0.05, 0) is 31.2 Å². The zero-order valence-corrected chi connectivity index (χ0v) is 10.5. The van der Waals surface area contributed by atoms with Crippen LogP contribution >= 0.6 is 11.8 Å². The molecule has 1 fully saturated rings. The molecule has 4 heteroatoms. The molecule has 2 nitrogen and oxygen atoms in total. The Hall–Kier alpha value is -1.03. The van der Waals surface area contributed by atoms with E-state index in [2.05, 4.69) is 0 Å². The molecule has 1 N–H and O–H groups in total. The van der Waals surface area contributed by atoms with Gasteiger partial charge in [0.2, 0.25) is 0 Å². The summed E-state index contributed by atoms with van der Waals surface area (Å²) in [4.78, 5) is 12.3. The minimum atomic E-state index is -1.01. The van der Waals surface area contributed by atoms with E-state index in [0.717, 1.165) is 17.7 Å². The summed E-state index contributed by atoms with van der Waals surface area (Å²) in [7, 11) is 0. The van der Waals surface area contributed by atoms with Crippen LogP contribution in [0.2, 0.25) is 0 Å². The minimum Gasteiger partial charge on any atom is -0.481 e. The van der Waals surface area contributed by atoms with Gasteiger partial charge in [0, 0.05) is 10.5 Å². The van der Waals surface area contributed by atoms with Gasteiger partial charge in [-0.3, -0.25) is 4.79 Å². The highest BCUT2D eigenvalue weighted by atomic mass is 32.2. The molecule has 0 spiro atoms. The first-order valence-electron chi connectivity index (χ1n) is 5.68. The standard InChI is InChI=1S/C13H15FO2S/c1-17-10-6-4-5-9(14)11(10)13(12(15)16)7-2-3-8-13/h4-6H,2-3,7-8H2,1H3,(H,15,16). The summed E-state index contributed by atoms with van der Waals surface area (Å²) in [5.41, 5.74) is -0.624. The zero-order valence-electron chi connectivity index (χ0n) is 9.70. The molecule has 0 heterocycles. The van der Waals surface area contributed by atoms with Crippen molar-refractivity contribution >= 4 is 17.7 Å². The van der Waals surface area contributed by atoms with Gasteiger partial charge in [0.1, 0.15) is 5.82 Å². The Kier molecular flexibility index (Phi) is 3.43. The lowest BCUT2D eigenvalue weighted by Gasteiger charge is -2.26. The van der Waals surface area contributed by atoms with Gasteiger partial charge in [-0.15, -0.1) is 11.8 Å². The van der Waals surface area contributed by atoms with E-state index >= 15 is 0 Å². The van der Waals surface area contributed by atoms with E-state index in [-0.39, 0.29) is 5.82 Å². The molecule has 1 aliphatic carbocycles. The molecule has 0 atom stereocenters. The van der Waals surface area contributed by atoms with Gasteiger partial charge in [-0.1, -0.05) is 18.9 Å². The molecule has 1 saturated carbocycles. The maximum Gasteiger partial charge on any atom is 0.314 e. The Labute approximate surface area is 104 Å². The number of carbonyl (C=O) groups is 1. The second kappa shape index (κ2) is 4.69. The Balaban J connectivity index is 2.61. The van der Waals surface area contributed by atoms with Crippen LogP contribution in [0.5, 0.6) is 0 Å². The number of aliphatic carboxylic acids is 1. The van der Waals surface area contributed by atoms with Crippen LogP contribution in [-0.2, 0) is 10.2 Å². The first-order valence-corrected chi connectivity index (χ1v) is 6.90. The molecule has 1 aliphatic rings. The van der Waals surface area contributed by atoms with Gasteiger partial charge in [0.15, 0.2) is 0 Å². The van der Waals surface area contributed by atoms with E-state index in [1.165, 1.54) is 17.8 Å². The monoisotopic (exact) mass is 254 g/mol. The van der Waals surface area contributed by atoms with Crippen LogP contribution < -0.4 is 0 Å². The average Bonchev–Trinajstić information content (AvgIpc) is 2.78. The molecular formula is C13H15FO2S. The lowest BCUT2D eigenvalue weighted by atomic mass is 9.78. The van der Waals surface area contributed by atoms with Crippen molar-refractivity contribution in [1.82, 2.24) is 0 Å². The molecule has 1 aromatic rings. The number of hydrogen-bond donors (Lipinski definition) is 1. The molecule has 2 rings (SSSR count). The molecular weight excluding hydrogens is 239 g/mol. The van der Waals surface area contributed by atoms with Gasteiger partial charge in [-0.25, -0.2) is 4.39 Å². The first-order chi connectivity index (χ1) is 8.12. The average molecular weight is 254 g/mol. The highest BCUT2D eigenvalue weighted by Crippen LogP contribution is 2.45. The summed E-state index contributed by atoms with van der Waals surface area (Å²) in [5.74, 6) is -1.28. The van der Waals surface area contributed by atoms with E-state index in [1.54, 1.807) is 12.1 Å². The van der Waals surface area contributed by atoms with Crippen LogP contribution in [0.25, 0.3) is 0 Å². The zero-order chi connectivity index (χ0) is 12.5. The summed E-state index contributed by atoms with van der Waals surface area (Å²) in [6.07, 6.45) is 4.64. The van der Waals surface area contributed by atoms with E-state index in [9.17, 15) is 14.3 Å². The van der Waals surface area contributed by atoms with Gasteiger partial charge >= 0.3 is 5.97 Å². The lowest BCUT2D eigenvalue weighted by Crippen LogP contribution is -2.34. The summed E-state index contributed by atoms with van der Waals surface area (Å²) in [6, 6.07) is 4.79. The smallest absolute Gasteiger partial charge is 0.314 e. The number of halogens is 1. The minimum absolute atomic E-state index is 0.387. The second-order valence-electron chi connectivity index (χ2n) is 4.41. The molecule has 92 valence electrons. The fourth-order valence-electron chi connectivity index (χ4n) is 2.69. The summed E-state index contributed by atoms with van der Waals surface area (Å²) in [6.45, 7) is 0. The molecule has 17 heavy (non-hydrogen) atoms. The van der Waals surface area contributed by atoms with Gasteiger partial charge in [-0.2, -0.15) is 0 Å². The van der Waals surface area contributed by atoms with Crippen LogP contribution in [0.15, 0.2) is 23.1 Å². The van der Waals surface area contributed by atoms with Crippen LogP contribution in [0, 0.1) is 5.82 Å². The van der Waals surface area contributed by atoms with Crippen molar-refractivity contribution in [2.24, 2.45) is 0 Å². The highest BCUT2D eigenvalue weighted by Gasteiger charge is 2.45. The normalized spacial score (nSPS) is 18.2. The molecule has 0 amide bonds. The first kappa shape index (κ1) is 12.4. The number of thioether (sulfide) groups is 1. The van der Waals surface area contributed by atoms with Crippen molar-refractivity contribution in [3.05, 3.63) is 29.6 Å². The quantitative estimate of drug-likeness (QED) is 0.839. The number of carboxylic acid groups (broad SMARTS) is 1. The molecule has 0 aromatic heterocycles. The predicted octanol–water partition coefficient (Wildman–Crippen LogP) is 3.44. The van der Waals surface area contributed by atoms with E-state index in [0.29, 0.717) is 18.4 Å². The summed E-state index contributed by atoms with van der Waals surface area (Å²) >= 11 is 1.41. The molecule has 1 aromatic carbocycles. The lowest BCUT2D eigenvalue weighted by molar-refractivity contribution is -0.143. The number of benzene rings is 1. The molecule has 0 saturated heterocycles. The Morgan fingerprint density at radius 1 is 1.41 bits per heavy atom. The molecule has 0 unspecified atom stereocenters. The largest absolute Gasteiger partial charge is 0.481 e. The van der Waals surface area contributed by atoms with Crippen molar-refractivity contribution < 1.29 is 14.3 Å². The number of carboxylic acids is 1. The fourth-order valence-corrected chi connectivity index (χ4v) is 3.40. The van der Waals surface area contributed by atoms with Crippen molar-refractivity contribution in [3.63, 3.8) is 0 Å². The third-order valence-corrected chi connectivity index (χ3v) is 4.32. The number of rotatable bonds is 3. The third-order valence-electron chi connectivity index (χ3n) is 3.54. The molecule has 0 aliphatic heterocycles. The van der Waals surface area contributed by atoms with Gasteiger partial charge < -0.3 is 5.11 Å². The van der Waals surface area contributed by atoms with E-state index < -0.39 is 11.4 Å². The van der Waals surface area contributed by atoms with Crippen molar-refractivity contribution in [2.45, 2.75) is 36.0 Å². The topological polar surface area (TPSA) is 37.3 Å². The van der Waals surface area contributed by atoms with Crippen LogP contribution in [0.3, 0.4) is 0 Å². The van der Waals surface area contributed by atoms with Crippen LogP contribution in [0.4, 0.5) is 4.39 Å². The number of hydrogen-bond acceptors (Lipinski definition) is 2. The summed E-state index contributed by atoms with van der Waals surface area (Å²) < 4.78 is 14.0. The Bertz CT molecular complexity index is 439. The van der Waals surface area contributed by atoms with Crippen LogP contribution in [-0.4, -0.2) is 17.3 Å². The van der Waals surface area contributed by atoms with Crippen molar-refractivity contribution in [1.29, 1.82) is 0 Å². The Morgan fingerprint density at radius 3 is 2.59 bits per heavy atom. The van der Waals surface area contributed by atoms with E-state index in [1.807, 2.05) is 6.26 Å². The van der Waals surface area contributed by atoms with Crippen molar-refractivity contribution in [3.8, 4) is 0 Å². The second-order valence-corrected chi connectivity index (χ2v) is 5.26. The highest BCUT2D eigenvalue weighted by molar-refractivity contribution is 7.98. The Morgan fingerprint density at radius 2 is 2.06 bits per heavy atom. The van der Waals surface area contributed by atoms with Gasteiger partial charge in [0.25, 0.3) is 0 Å². The van der Waals surface area contributed by atoms with Crippen molar-refractivity contribution in [2.75, 3.05) is 6.26 Å². The fraction of sp³-hybridized carbons (Fsp3) is 0.462. The SMILES string of the molecule is CSc1cccc(F)c1C1(C(=O)O)CCCC1. The third kappa shape index (κ3) is 1.95. The summed E-state index contributed by atoms with van der Waals surface area (Å²) in [5, 5.41) is 9.49. The van der Waals surface area contributed by atoms with Crippen LogP contribution in [0.1, 0.15) is 31.2 Å². The van der Waals surface area contributed by atoms with Gasteiger partial charge in [0.05, 0.1) is 5.41 Å². The maximum absolute atomic E-state index is 14.0. The predicted molar refractivity (Wildman–Crippen MR) is 66.0 cm³/mol. The van der Waals surface area contributed by atoms with E-state index in [4.69, 9.17) is 0 Å². The maximum atomic E-state index is 14.0.